The van der Waals surface area contributed by atoms with E-state index in [0.29, 0.717) is 23.1 Å². The van der Waals surface area contributed by atoms with Crippen LogP contribution in [0.4, 0.5) is 10.2 Å². The maximum absolute atomic E-state index is 14.0. The van der Waals surface area contributed by atoms with Gasteiger partial charge in [-0.3, -0.25) is 9.48 Å². The number of Topliss-reactive ketones (excluding diaryl/α,β-unsaturated/α-hetero) is 1. The molecule has 4 rings (SSSR count). The van der Waals surface area contributed by atoms with Crippen LogP contribution in [0.15, 0.2) is 30.5 Å². The summed E-state index contributed by atoms with van der Waals surface area (Å²) < 4.78 is 27.4. The number of hydrogen-bond acceptors (Lipinski definition) is 7. The van der Waals surface area contributed by atoms with Crippen LogP contribution in [0.1, 0.15) is 48.0 Å². The van der Waals surface area contributed by atoms with Crippen LogP contribution in [-0.4, -0.2) is 26.7 Å². The van der Waals surface area contributed by atoms with Crippen LogP contribution in [-0.2, 0) is 7.05 Å². The van der Waals surface area contributed by atoms with Gasteiger partial charge in [0.2, 0.25) is 11.7 Å². The molecule has 0 saturated heterocycles. The molecule has 2 bridgehead atoms. The Kier molecular flexibility index (Phi) is 5.07. The molecule has 8 nitrogen and oxygen atoms in total. The van der Waals surface area contributed by atoms with Gasteiger partial charge in [0.1, 0.15) is 23.7 Å². The van der Waals surface area contributed by atoms with Gasteiger partial charge in [-0.05, 0) is 37.6 Å². The molecule has 0 spiro atoms. The summed E-state index contributed by atoms with van der Waals surface area (Å²) in [6, 6.07) is 7.65. The molecule has 1 aliphatic rings. The molecule has 0 saturated carbocycles. The maximum Gasteiger partial charge on any atom is 0.242 e. The van der Waals surface area contributed by atoms with Crippen molar-refractivity contribution in [2.45, 2.75) is 32.5 Å². The molecule has 0 amide bonds. The zero-order valence-electron chi connectivity index (χ0n) is 17.2. The van der Waals surface area contributed by atoms with E-state index < -0.39 is 18.0 Å². The highest BCUT2D eigenvalue weighted by molar-refractivity contribution is 6.01. The summed E-state index contributed by atoms with van der Waals surface area (Å²) in [5, 5.41) is 14.0. The predicted octanol–water partition coefficient (Wildman–Crippen LogP) is 3.57. The van der Waals surface area contributed by atoms with Crippen molar-refractivity contribution in [3.63, 3.8) is 0 Å². The number of nitriles is 1. The molecule has 0 aliphatic carbocycles. The van der Waals surface area contributed by atoms with Gasteiger partial charge in [-0.2, -0.15) is 5.26 Å². The largest absolute Gasteiger partial charge is 0.482 e. The van der Waals surface area contributed by atoms with Crippen molar-refractivity contribution in [2.75, 3.05) is 5.73 Å². The van der Waals surface area contributed by atoms with E-state index in [-0.39, 0.29) is 34.5 Å². The van der Waals surface area contributed by atoms with Gasteiger partial charge in [-0.15, -0.1) is 5.10 Å². The summed E-state index contributed by atoms with van der Waals surface area (Å²) in [6.07, 6.45) is 0.236. The van der Waals surface area contributed by atoms with Crippen LogP contribution in [0, 0.1) is 17.1 Å². The van der Waals surface area contributed by atoms with Crippen LogP contribution in [0.2, 0.25) is 0 Å². The summed E-state index contributed by atoms with van der Waals surface area (Å²) in [4.78, 5) is 17.5. The molecule has 31 heavy (non-hydrogen) atoms. The average molecular weight is 421 g/mol. The normalized spacial score (nSPS) is 17.8. The number of halogens is 1. The van der Waals surface area contributed by atoms with Gasteiger partial charge in [0.05, 0.1) is 5.56 Å². The highest BCUT2D eigenvalue weighted by atomic mass is 19.1. The molecule has 2 unspecified atom stereocenters. The quantitative estimate of drug-likeness (QED) is 0.638. The van der Waals surface area contributed by atoms with E-state index in [1.807, 2.05) is 0 Å². The zero-order chi connectivity index (χ0) is 22.3. The molecular formula is C22H20FN5O3. The lowest BCUT2D eigenvalue weighted by atomic mass is 9.95. The lowest BCUT2D eigenvalue weighted by Crippen LogP contribution is -2.29. The number of ether oxygens (including phenoxy) is 2. The average Bonchev–Trinajstić information content (AvgIpc) is 3.07. The number of aromatic nitrogens is 3. The van der Waals surface area contributed by atoms with Crippen LogP contribution >= 0.6 is 0 Å². The van der Waals surface area contributed by atoms with E-state index in [1.54, 1.807) is 27.0 Å². The van der Waals surface area contributed by atoms with Gasteiger partial charge < -0.3 is 15.2 Å². The van der Waals surface area contributed by atoms with E-state index in [1.165, 1.54) is 29.1 Å². The van der Waals surface area contributed by atoms with E-state index >= 15 is 0 Å². The Morgan fingerprint density at radius 2 is 2.10 bits per heavy atom. The summed E-state index contributed by atoms with van der Waals surface area (Å²) in [7, 11) is 1.61. The molecule has 158 valence electrons. The van der Waals surface area contributed by atoms with Crippen LogP contribution in [0.25, 0.3) is 11.1 Å². The molecule has 1 aromatic carbocycles. The standard InChI is InChI=1S/C22H20FN5O3/c1-4-17-20(29)14-6-5-13(23)8-15(14)11(2)30-18-7-12(10-26-21(18)25)19-16(9-24)28(3)27-22(19)31-17/h5-8,10-11,17H,4H2,1-3H3,(H2,25,26). The number of ketones is 1. The Morgan fingerprint density at radius 3 is 2.81 bits per heavy atom. The molecule has 0 radical (unpaired) electrons. The van der Waals surface area contributed by atoms with Crippen molar-refractivity contribution in [3.8, 4) is 28.8 Å². The Balaban J connectivity index is 1.99. The summed E-state index contributed by atoms with van der Waals surface area (Å²) in [5.74, 6) is -0.353. The number of rotatable bonds is 1. The number of pyridine rings is 1. The number of carbonyl (C=O) groups is 1. The van der Waals surface area contributed by atoms with E-state index in [0.717, 1.165) is 0 Å². The first-order chi connectivity index (χ1) is 14.8. The fourth-order valence-corrected chi connectivity index (χ4v) is 3.64. The Hall–Kier alpha value is -3.93. The number of carbonyl (C=O) groups excluding carboxylic acids is 1. The maximum atomic E-state index is 14.0. The highest BCUT2D eigenvalue weighted by Crippen LogP contribution is 2.38. The van der Waals surface area contributed by atoms with Crippen LogP contribution < -0.4 is 15.2 Å². The minimum Gasteiger partial charge on any atom is -0.482 e. The summed E-state index contributed by atoms with van der Waals surface area (Å²) in [6.45, 7) is 3.50. The van der Waals surface area contributed by atoms with Gasteiger partial charge in [-0.25, -0.2) is 9.37 Å². The van der Waals surface area contributed by atoms with Gasteiger partial charge in [0.15, 0.2) is 17.7 Å². The van der Waals surface area contributed by atoms with E-state index in [4.69, 9.17) is 15.2 Å². The molecule has 2 atom stereocenters. The second kappa shape index (κ2) is 7.72. The third-order valence-corrected chi connectivity index (χ3v) is 5.23. The Morgan fingerprint density at radius 1 is 1.32 bits per heavy atom. The first-order valence-corrected chi connectivity index (χ1v) is 9.74. The van der Waals surface area contributed by atoms with Gasteiger partial charge >= 0.3 is 0 Å². The van der Waals surface area contributed by atoms with Crippen molar-refractivity contribution in [1.29, 1.82) is 5.26 Å². The minimum absolute atomic E-state index is 0.119. The number of fused-ring (bicyclic) bond motifs is 5. The summed E-state index contributed by atoms with van der Waals surface area (Å²) in [5.41, 5.74) is 7.78. The highest BCUT2D eigenvalue weighted by Gasteiger charge is 2.30. The first kappa shape index (κ1) is 20.3. The molecule has 0 fully saturated rings. The van der Waals surface area contributed by atoms with Crippen molar-refractivity contribution >= 4 is 11.6 Å². The predicted molar refractivity (Wildman–Crippen MR) is 110 cm³/mol. The number of hydrogen-bond donors (Lipinski definition) is 1. The van der Waals surface area contributed by atoms with E-state index in [2.05, 4.69) is 16.2 Å². The number of nitrogens with zero attached hydrogens (tertiary/aromatic N) is 4. The van der Waals surface area contributed by atoms with Crippen molar-refractivity contribution < 1.29 is 18.7 Å². The molecule has 2 aromatic heterocycles. The number of nitrogens with two attached hydrogens (primary N) is 1. The zero-order valence-corrected chi connectivity index (χ0v) is 17.2. The molecule has 9 heteroatoms. The Bertz CT molecular complexity index is 1230. The second-order valence-electron chi connectivity index (χ2n) is 7.24. The monoisotopic (exact) mass is 421 g/mol. The molecule has 1 aliphatic heterocycles. The van der Waals surface area contributed by atoms with Crippen LogP contribution in [0.3, 0.4) is 0 Å². The van der Waals surface area contributed by atoms with Gasteiger partial charge in [-0.1, -0.05) is 6.92 Å². The van der Waals surface area contributed by atoms with E-state index in [9.17, 15) is 14.4 Å². The second-order valence-corrected chi connectivity index (χ2v) is 7.24. The first-order valence-electron chi connectivity index (χ1n) is 9.74. The molecule has 3 aromatic rings. The van der Waals surface area contributed by atoms with Crippen molar-refractivity contribution in [2.24, 2.45) is 7.05 Å². The number of anilines is 1. The topological polar surface area (TPSA) is 116 Å². The van der Waals surface area contributed by atoms with Crippen LogP contribution in [0.5, 0.6) is 11.6 Å². The number of nitrogen functional groups attached to an aromatic ring is 1. The lowest BCUT2D eigenvalue weighted by molar-refractivity contribution is 0.0773. The Labute approximate surface area is 178 Å². The fourth-order valence-electron chi connectivity index (χ4n) is 3.64. The SMILES string of the molecule is CCC1Oc2nn(C)c(C#N)c2-c2cnc(N)c(c2)OC(C)c2cc(F)ccc2C1=O. The third-order valence-electron chi connectivity index (χ3n) is 5.23. The molecular weight excluding hydrogens is 401 g/mol. The van der Waals surface area contributed by atoms with Gasteiger partial charge in [0, 0.05) is 29.9 Å². The number of benzene rings is 1. The fraction of sp³-hybridized carbons (Fsp3) is 0.273. The van der Waals surface area contributed by atoms with Crippen molar-refractivity contribution in [1.82, 2.24) is 14.8 Å². The lowest BCUT2D eigenvalue weighted by Gasteiger charge is -2.23. The molecule has 3 heterocycles. The smallest absolute Gasteiger partial charge is 0.242 e. The molecule has 2 N–H and O–H groups in total. The van der Waals surface area contributed by atoms with Crippen molar-refractivity contribution in [3.05, 3.63) is 53.1 Å². The summed E-state index contributed by atoms with van der Waals surface area (Å²) >= 11 is 0. The minimum atomic E-state index is -0.891. The van der Waals surface area contributed by atoms with Gasteiger partial charge in [0.25, 0.3) is 0 Å². The third kappa shape index (κ3) is 3.46. The number of aryl methyl sites for hydroxylation is 1.